The summed E-state index contributed by atoms with van der Waals surface area (Å²) in [6.45, 7) is 4.57. The molecular weight excluding hydrogens is 346 g/mol. The van der Waals surface area contributed by atoms with Crippen molar-refractivity contribution >= 4 is 28.8 Å². The highest BCUT2D eigenvalue weighted by Crippen LogP contribution is 2.43. The third kappa shape index (κ3) is 3.81. The summed E-state index contributed by atoms with van der Waals surface area (Å²) in [5.74, 6) is -0.450. The molecule has 2 aromatic rings. The van der Waals surface area contributed by atoms with Crippen molar-refractivity contribution in [2.24, 2.45) is 5.92 Å². The number of amides is 2. The number of aryl methyl sites for hydroxylation is 1. The maximum Gasteiger partial charge on any atom is 0.228 e. The topological polar surface area (TPSA) is 61.4 Å². The second-order valence-corrected chi connectivity index (χ2v) is 7.78. The Kier molecular flexibility index (Phi) is 5.74. The van der Waals surface area contributed by atoms with Crippen LogP contribution in [0.25, 0.3) is 0 Å². The van der Waals surface area contributed by atoms with Crippen LogP contribution in [0.4, 0.5) is 5.69 Å². The summed E-state index contributed by atoms with van der Waals surface area (Å²) < 4.78 is 0. The fourth-order valence-electron chi connectivity index (χ4n) is 3.25. The standard InChI is InChI=1S/C20H25N3O2S/c1-13-6-8-15(9-7-13)23-18(24)11-16(19(23)17-5-4-10-26-17)20(25)22-12-14(2)21-3/h4-10,14,16,19,21H,11-12H2,1-3H3,(H,22,25). The summed E-state index contributed by atoms with van der Waals surface area (Å²) in [4.78, 5) is 28.5. The Morgan fingerprint density at radius 1 is 1.31 bits per heavy atom. The number of rotatable bonds is 6. The van der Waals surface area contributed by atoms with E-state index >= 15 is 0 Å². The molecule has 5 nitrogen and oxygen atoms in total. The van der Waals surface area contributed by atoms with Crippen LogP contribution in [0.15, 0.2) is 41.8 Å². The van der Waals surface area contributed by atoms with Crippen LogP contribution in [0.5, 0.6) is 0 Å². The van der Waals surface area contributed by atoms with E-state index in [4.69, 9.17) is 0 Å². The van der Waals surface area contributed by atoms with Crippen molar-refractivity contribution in [2.75, 3.05) is 18.5 Å². The van der Waals surface area contributed by atoms with Crippen molar-refractivity contribution in [1.29, 1.82) is 0 Å². The van der Waals surface area contributed by atoms with Gasteiger partial charge in [0.05, 0.1) is 12.0 Å². The summed E-state index contributed by atoms with van der Waals surface area (Å²) in [5, 5.41) is 8.09. The Labute approximate surface area is 158 Å². The van der Waals surface area contributed by atoms with Crippen LogP contribution in [-0.4, -0.2) is 31.4 Å². The zero-order chi connectivity index (χ0) is 18.7. The molecule has 3 unspecified atom stereocenters. The SMILES string of the molecule is CNC(C)CNC(=O)C1CC(=O)N(c2ccc(C)cc2)C1c1cccs1. The van der Waals surface area contributed by atoms with E-state index in [0.29, 0.717) is 6.54 Å². The van der Waals surface area contributed by atoms with Crippen molar-refractivity contribution < 1.29 is 9.59 Å². The third-order valence-corrected chi connectivity index (χ3v) is 5.82. The first kappa shape index (κ1) is 18.6. The summed E-state index contributed by atoms with van der Waals surface area (Å²) in [6.07, 6.45) is 0.232. The molecule has 0 bridgehead atoms. The largest absolute Gasteiger partial charge is 0.354 e. The summed E-state index contributed by atoms with van der Waals surface area (Å²) in [6, 6.07) is 11.8. The fraction of sp³-hybridized carbons (Fsp3) is 0.400. The molecule has 1 aromatic carbocycles. The summed E-state index contributed by atoms with van der Waals surface area (Å²) in [5.41, 5.74) is 1.99. The average Bonchev–Trinajstić information content (AvgIpc) is 3.27. The minimum absolute atomic E-state index is 0.00549. The lowest BCUT2D eigenvalue weighted by Crippen LogP contribution is -2.41. The molecule has 0 aliphatic carbocycles. The minimum atomic E-state index is -0.383. The Bertz CT molecular complexity index is 758. The molecule has 3 atom stereocenters. The smallest absolute Gasteiger partial charge is 0.228 e. The maximum absolute atomic E-state index is 12.8. The lowest BCUT2D eigenvalue weighted by atomic mass is 9.97. The van der Waals surface area contributed by atoms with Gasteiger partial charge in [0.25, 0.3) is 0 Å². The number of likely N-dealkylation sites (N-methyl/N-ethyl adjacent to an activating group) is 1. The second kappa shape index (κ2) is 8.01. The normalized spacial score (nSPS) is 21.0. The van der Waals surface area contributed by atoms with Gasteiger partial charge in [0.2, 0.25) is 11.8 Å². The van der Waals surface area contributed by atoms with Gasteiger partial charge in [-0.1, -0.05) is 23.8 Å². The number of hydrogen-bond acceptors (Lipinski definition) is 4. The van der Waals surface area contributed by atoms with E-state index in [2.05, 4.69) is 10.6 Å². The molecule has 2 amide bonds. The Balaban J connectivity index is 1.89. The molecule has 1 saturated heterocycles. The van der Waals surface area contributed by atoms with Gasteiger partial charge in [0, 0.05) is 29.6 Å². The predicted octanol–water partition coefficient (Wildman–Crippen LogP) is 2.87. The highest BCUT2D eigenvalue weighted by atomic mass is 32.1. The van der Waals surface area contributed by atoms with Crippen LogP contribution >= 0.6 is 11.3 Å². The van der Waals surface area contributed by atoms with Crippen LogP contribution in [0.1, 0.15) is 29.8 Å². The molecule has 2 heterocycles. The molecule has 1 aliphatic heterocycles. The molecule has 26 heavy (non-hydrogen) atoms. The van der Waals surface area contributed by atoms with Crippen LogP contribution in [0.3, 0.4) is 0 Å². The third-order valence-electron chi connectivity index (χ3n) is 4.88. The van der Waals surface area contributed by atoms with Crippen molar-refractivity contribution in [2.45, 2.75) is 32.4 Å². The first-order chi connectivity index (χ1) is 12.5. The maximum atomic E-state index is 12.8. The quantitative estimate of drug-likeness (QED) is 0.821. The first-order valence-electron chi connectivity index (χ1n) is 8.88. The zero-order valence-corrected chi connectivity index (χ0v) is 16.2. The van der Waals surface area contributed by atoms with Crippen LogP contribution in [0, 0.1) is 12.8 Å². The minimum Gasteiger partial charge on any atom is -0.354 e. The van der Waals surface area contributed by atoms with Gasteiger partial charge < -0.3 is 15.5 Å². The van der Waals surface area contributed by atoms with E-state index in [-0.39, 0.29) is 36.2 Å². The van der Waals surface area contributed by atoms with Crippen LogP contribution < -0.4 is 15.5 Å². The molecule has 1 aliphatic rings. The number of carbonyl (C=O) groups excluding carboxylic acids is 2. The van der Waals surface area contributed by atoms with Gasteiger partial charge in [-0.15, -0.1) is 11.3 Å². The molecule has 2 N–H and O–H groups in total. The first-order valence-corrected chi connectivity index (χ1v) is 9.76. The number of nitrogens with one attached hydrogen (secondary N) is 2. The van der Waals surface area contributed by atoms with Crippen LogP contribution in [0.2, 0.25) is 0 Å². The van der Waals surface area contributed by atoms with E-state index in [1.165, 1.54) is 0 Å². The molecular formula is C20H25N3O2S. The van der Waals surface area contributed by atoms with Gasteiger partial charge in [-0.2, -0.15) is 0 Å². The fourth-order valence-corrected chi connectivity index (χ4v) is 4.13. The van der Waals surface area contributed by atoms with E-state index in [9.17, 15) is 9.59 Å². The zero-order valence-electron chi connectivity index (χ0n) is 15.4. The van der Waals surface area contributed by atoms with E-state index in [1.807, 2.05) is 62.7 Å². The highest BCUT2D eigenvalue weighted by Gasteiger charge is 2.45. The lowest BCUT2D eigenvalue weighted by molar-refractivity contribution is -0.126. The van der Waals surface area contributed by atoms with Crippen molar-refractivity contribution in [3.63, 3.8) is 0 Å². The second-order valence-electron chi connectivity index (χ2n) is 6.81. The lowest BCUT2D eigenvalue weighted by Gasteiger charge is -2.27. The number of thiophene rings is 1. The number of anilines is 1. The number of benzene rings is 1. The molecule has 0 radical (unpaired) electrons. The van der Waals surface area contributed by atoms with Gasteiger partial charge in [-0.25, -0.2) is 0 Å². The van der Waals surface area contributed by atoms with Gasteiger partial charge in [0.15, 0.2) is 0 Å². The van der Waals surface area contributed by atoms with Crippen molar-refractivity contribution in [3.8, 4) is 0 Å². The van der Waals surface area contributed by atoms with E-state index in [1.54, 1.807) is 16.2 Å². The number of carbonyl (C=O) groups is 2. The Hall–Kier alpha value is -2.18. The molecule has 138 valence electrons. The van der Waals surface area contributed by atoms with E-state index in [0.717, 1.165) is 16.1 Å². The molecule has 1 aromatic heterocycles. The Morgan fingerprint density at radius 3 is 2.65 bits per heavy atom. The monoisotopic (exact) mass is 371 g/mol. The average molecular weight is 372 g/mol. The highest BCUT2D eigenvalue weighted by molar-refractivity contribution is 7.10. The number of nitrogens with zero attached hydrogens (tertiary/aromatic N) is 1. The van der Waals surface area contributed by atoms with Crippen molar-refractivity contribution in [1.82, 2.24) is 10.6 Å². The van der Waals surface area contributed by atoms with Crippen molar-refractivity contribution in [3.05, 3.63) is 52.2 Å². The number of hydrogen-bond donors (Lipinski definition) is 2. The molecule has 3 rings (SSSR count). The molecule has 6 heteroatoms. The van der Waals surface area contributed by atoms with Gasteiger partial charge in [0.1, 0.15) is 0 Å². The van der Waals surface area contributed by atoms with Crippen LogP contribution in [-0.2, 0) is 9.59 Å². The molecule has 0 saturated carbocycles. The molecule has 1 fully saturated rings. The predicted molar refractivity (Wildman–Crippen MR) is 105 cm³/mol. The Morgan fingerprint density at radius 2 is 2.04 bits per heavy atom. The molecule has 0 spiro atoms. The summed E-state index contributed by atoms with van der Waals surface area (Å²) in [7, 11) is 1.86. The van der Waals surface area contributed by atoms with Gasteiger partial charge >= 0.3 is 0 Å². The van der Waals surface area contributed by atoms with Gasteiger partial charge in [-0.05, 0) is 44.5 Å². The summed E-state index contributed by atoms with van der Waals surface area (Å²) >= 11 is 1.59. The van der Waals surface area contributed by atoms with E-state index < -0.39 is 0 Å². The van der Waals surface area contributed by atoms with Gasteiger partial charge in [-0.3, -0.25) is 9.59 Å².